The van der Waals surface area contributed by atoms with Crippen LogP contribution in [0.3, 0.4) is 0 Å². The molecule has 0 aromatic heterocycles. The van der Waals surface area contributed by atoms with Gasteiger partial charge in [0.25, 0.3) is 0 Å². The Morgan fingerprint density at radius 2 is 1.92 bits per heavy atom. The monoisotopic (exact) mass is 236 g/mol. The number of fused-ring (bicyclic) bond motifs is 2. The third-order valence-electron chi connectivity index (χ3n) is 2.92. The summed E-state index contributed by atoms with van der Waals surface area (Å²) >= 11 is 0.820. The molecule has 0 N–H and O–H groups in total. The molecule has 1 heteroatoms. The van der Waals surface area contributed by atoms with E-state index in [2.05, 4.69) is 42.5 Å². The van der Waals surface area contributed by atoms with Gasteiger partial charge < -0.3 is 0 Å². The first-order valence-electron chi connectivity index (χ1n) is 4.82. The van der Waals surface area contributed by atoms with E-state index in [1.807, 2.05) is 0 Å². The Bertz CT molecular complexity index is 328. The van der Waals surface area contributed by atoms with E-state index < -0.39 is 0 Å². The van der Waals surface area contributed by atoms with Crippen molar-refractivity contribution >= 4 is 15.0 Å². The van der Waals surface area contributed by atoms with Gasteiger partial charge in [-0.15, -0.1) is 0 Å². The number of hydrogen-bond donors (Lipinski definition) is 0. The molecule has 2 aliphatic rings. The molecule has 0 radical (unpaired) electrons. The fourth-order valence-corrected chi connectivity index (χ4v) is 5.65. The van der Waals surface area contributed by atoms with Crippen molar-refractivity contribution in [2.24, 2.45) is 5.92 Å². The van der Waals surface area contributed by atoms with Crippen LogP contribution in [0.5, 0.6) is 0 Å². The van der Waals surface area contributed by atoms with Gasteiger partial charge in [0.2, 0.25) is 0 Å². The fraction of sp³-hybridized carbons (Fsp3) is 0.333. The Morgan fingerprint density at radius 3 is 2.54 bits per heavy atom. The summed E-state index contributed by atoms with van der Waals surface area (Å²) < 4.78 is 0. The van der Waals surface area contributed by atoms with Gasteiger partial charge in [-0.3, -0.25) is 0 Å². The molecule has 1 saturated heterocycles. The van der Waals surface area contributed by atoms with Crippen LogP contribution in [0.4, 0.5) is 0 Å². The minimum atomic E-state index is 0.820. The number of benzene rings is 1. The van der Waals surface area contributed by atoms with Crippen molar-refractivity contribution in [2.45, 2.75) is 16.1 Å². The van der Waals surface area contributed by atoms with Gasteiger partial charge in [-0.1, -0.05) is 0 Å². The zero-order valence-electron chi connectivity index (χ0n) is 7.39. The van der Waals surface area contributed by atoms with Crippen LogP contribution in [-0.2, 0) is 0 Å². The molecular formula is C12H12Se. The molecule has 1 aromatic carbocycles. The van der Waals surface area contributed by atoms with Crippen molar-refractivity contribution in [3.05, 3.63) is 48.0 Å². The molecule has 0 saturated carbocycles. The Hall–Kier alpha value is -0.521. The Morgan fingerprint density at radius 1 is 1.08 bits per heavy atom. The Labute approximate surface area is 85.2 Å². The van der Waals surface area contributed by atoms with Crippen molar-refractivity contribution in [2.75, 3.05) is 0 Å². The van der Waals surface area contributed by atoms with Crippen LogP contribution in [0, 0.1) is 5.92 Å². The van der Waals surface area contributed by atoms with Crippen LogP contribution < -0.4 is 0 Å². The minimum absolute atomic E-state index is 0.820. The van der Waals surface area contributed by atoms with Crippen molar-refractivity contribution in [1.29, 1.82) is 0 Å². The fourth-order valence-electron chi connectivity index (χ4n) is 2.28. The van der Waals surface area contributed by atoms with Crippen LogP contribution >= 0.6 is 0 Å². The average Bonchev–Trinajstić information content (AvgIpc) is 2.80. The third kappa shape index (κ3) is 1.27. The molecule has 0 nitrogen and oxygen atoms in total. The average molecular weight is 235 g/mol. The molecular weight excluding hydrogens is 223 g/mol. The summed E-state index contributed by atoms with van der Waals surface area (Å²) in [6, 6.07) is 11.0. The standard InChI is InChI=1S/C12H12Se/c1-2-4-9(5-3-1)12-10-6-7-11(8-10)13-12/h1-7,10-12H,8H2/t10?,11?,12-/m1/s1. The molecule has 66 valence electrons. The summed E-state index contributed by atoms with van der Waals surface area (Å²) in [5.41, 5.74) is 1.57. The van der Waals surface area contributed by atoms with Crippen LogP contribution in [0.15, 0.2) is 42.5 Å². The van der Waals surface area contributed by atoms with E-state index in [9.17, 15) is 0 Å². The molecule has 0 spiro atoms. The molecule has 1 fully saturated rings. The van der Waals surface area contributed by atoms with Gasteiger partial charge in [0, 0.05) is 0 Å². The van der Waals surface area contributed by atoms with Gasteiger partial charge in [0.1, 0.15) is 0 Å². The topological polar surface area (TPSA) is 0 Å². The van der Waals surface area contributed by atoms with E-state index >= 15 is 0 Å². The van der Waals surface area contributed by atoms with E-state index in [4.69, 9.17) is 0 Å². The predicted octanol–water partition coefficient (Wildman–Crippen LogP) is 2.81. The molecule has 0 amide bonds. The molecule has 13 heavy (non-hydrogen) atoms. The summed E-state index contributed by atoms with van der Waals surface area (Å²) in [5.74, 6) is 0.868. The van der Waals surface area contributed by atoms with Gasteiger partial charge >= 0.3 is 85.0 Å². The first kappa shape index (κ1) is 7.84. The molecule has 3 atom stereocenters. The molecule has 1 aliphatic carbocycles. The normalized spacial score (nSPS) is 35.5. The van der Waals surface area contributed by atoms with E-state index in [0.717, 1.165) is 30.5 Å². The van der Waals surface area contributed by atoms with Gasteiger partial charge in [-0.05, 0) is 0 Å². The third-order valence-corrected chi connectivity index (χ3v) is 6.30. The van der Waals surface area contributed by atoms with Crippen LogP contribution in [0.25, 0.3) is 0 Å². The molecule has 1 aromatic rings. The molecule has 3 rings (SSSR count). The second-order valence-electron chi connectivity index (χ2n) is 3.79. The Balaban J connectivity index is 1.92. The second-order valence-corrected chi connectivity index (χ2v) is 6.70. The molecule has 2 bridgehead atoms. The molecule has 1 aliphatic heterocycles. The van der Waals surface area contributed by atoms with E-state index in [0.29, 0.717) is 0 Å². The molecule has 2 unspecified atom stereocenters. The summed E-state index contributed by atoms with van der Waals surface area (Å²) in [5, 5.41) is 0. The first-order valence-corrected chi connectivity index (χ1v) is 6.80. The summed E-state index contributed by atoms with van der Waals surface area (Å²) in [6.45, 7) is 0. The first-order chi connectivity index (χ1) is 6.43. The van der Waals surface area contributed by atoms with Gasteiger partial charge in [0.15, 0.2) is 0 Å². The Kier molecular flexibility index (Phi) is 1.81. The zero-order chi connectivity index (χ0) is 8.67. The maximum atomic E-state index is 2.44. The van der Waals surface area contributed by atoms with Crippen molar-refractivity contribution in [3.8, 4) is 0 Å². The van der Waals surface area contributed by atoms with E-state index in [-0.39, 0.29) is 0 Å². The summed E-state index contributed by atoms with van der Waals surface area (Å²) in [6.07, 6.45) is 6.30. The molecule has 1 heterocycles. The zero-order valence-corrected chi connectivity index (χ0v) is 9.10. The van der Waals surface area contributed by atoms with Gasteiger partial charge in [-0.25, -0.2) is 0 Å². The summed E-state index contributed by atoms with van der Waals surface area (Å²) in [7, 11) is 0. The van der Waals surface area contributed by atoms with Crippen LogP contribution in [0.1, 0.15) is 16.8 Å². The van der Waals surface area contributed by atoms with E-state index in [1.165, 1.54) is 6.42 Å². The van der Waals surface area contributed by atoms with Crippen LogP contribution in [-0.4, -0.2) is 15.0 Å². The van der Waals surface area contributed by atoms with Crippen molar-refractivity contribution in [3.63, 3.8) is 0 Å². The number of hydrogen-bond acceptors (Lipinski definition) is 0. The van der Waals surface area contributed by atoms with Crippen molar-refractivity contribution < 1.29 is 0 Å². The quantitative estimate of drug-likeness (QED) is 0.518. The second kappa shape index (κ2) is 3.01. The maximum absolute atomic E-state index is 2.44. The predicted molar refractivity (Wildman–Crippen MR) is 55.9 cm³/mol. The van der Waals surface area contributed by atoms with Gasteiger partial charge in [0.05, 0.1) is 0 Å². The SMILES string of the molecule is C1=CC2CC1[Se][C@@H]2c1ccccc1. The number of rotatable bonds is 1. The van der Waals surface area contributed by atoms with Crippen molar-refractivity contribution in [1.82, 2.24) is 0 Å². The van der Waals surface area contributed by atoms with E-state index in [1.54, 1.807) is 5.56 Å². The summed E-state index contributed by atoms with van der Waals surface area (Å²) in [4.78, 5) is 1.83. The van der Waals surface area contributed by atoms with Gasteiger partial charge in [-0.2, -0.15) is 0 Å². The van der Waals surface area contributed by atoms with Crippen LogP contribution in [0.2, 0.25) is 4.82 Å². The number of allylic oxidation sites excluding steroid dienone is 2.